The number of anilines is 2. The third kappa shape index (κ3) is 2.03. The van der Waals surface area contributed by atoms with Crippen LogP contribution >= 0.6 is 0 Å². The highest BCUT2D eigenvalue weighted by Gasteiger charge is 2.43. The van der Waals surface area contributed by atoms with Gasteiger partial charge in [-0.15, -0.1) is 0 Å². The van der Waals surface area contributed by atoms with Crippen molar-refractivity contribution in [2.24, 2.45) is 5.92 Å². The van der Waals surface area contributed by atoms with Crippen LogP contribution in [-0.4, -0.2) is 33.8 Å². The van der Waals surface area contributed by atoms with Gasteiger partial charge >= 0.3 is 0 Å². The van der Waals surface area contributed by atoms with Crippen molar-refractivity contribution in [2.45, 2.75) is 37.7 Å². The first kappa shape index (κ1) is 11.7. The SMILES string of the molecule is Nc1cnc(N2CCC3(O)CCCCC3C2)nc1. The van der Waals surface area contributed by atoms with Crippen molar-refractivity contribution in [3.63, 3.8) is 0 Å². The van der Waals surface area contributed by atoms with Crippen LogP contribution < -0.4 is 10.6 Å². The van der Waals surface area contributed by atoms with Gasteiger partial charge in [0.05, 0.1) is 23.7 Å². The maximum Gasteiger partial charge on any atom is 0.225 e. The van der Waals surface area contributed by atoms with Crippen LogP contribution in [0.15, 0.2) is 12.4 Å². The summed E-state index contributed by atoms with van der Waals surface area (Å²) in [6.07, 6.45) is 8.56. The van der Waals surface area contributed by atoms with E-state index in [9.17, 15) is 5.11 Å². The molecule has 3 rings (SSSR count). The molecule has 0 spiro atoms. The minimum Gasteiger partial charge on any atom is -0.396 e. The molecule has 1 saturated carbocycles. The summed E-state index contributed by atoms with van der Waals surface area (Å²) >= 11 is 0. The highest BCUT2D eigenvalue weighted by atomic mass is 16.3. The van der Waals surface area contributed by atoms with Crippen LogP contribution in [0.3, 0.4) is 0 Å². The monoisotopic (exact) mass is 248 g/mol. The minimum atomic E-state index is -0.442. The third-order valence-corrected chi connectivity index (χ3v) is 4.37. The van der Waals surface area contributed by atoms with E-state index in [2.05, 4.69) is 14.9 Å². The maximum absolute atomic E-state index is 10.6. The minimum absolute atomic E-state index is 0.362. The second-order valence-electron chi connectivity index (χ2n) is 5.56. The van der Waals surface area contributed by atoms with Gasteiger partial charge in [-0.25, -0.2) is 9.97 Å². The van der Waals surface area contributed by atoms with Gasteiger partial charge in [0.1, 0.15) is 0 Å². The average Bonchev–Trinajstić information content (AvgIpc) is 2.39. The van der Waals surface area contributed by atoms with E-state index in [-0.39, 0.29) is 0 Å². The van der Waals surface area contributed by atoms with Crippen LogP contribution in [-0.2, 0) is 0 Å². The largest absolute Gasteiger partial charge is 0.396 e. The van der Waals surface area contributed by atoms with Gasteiger partial charge in [0.2, 0.25) is 5.95 Å². The number of nitrogens with two attached hydrogens (primary N) is 1. The molecule has 0 bridgehead atoms. The topological polar surface area (TPSA) is 75.3 Å². The molecule has 2 unspecified atom stereocenters. The number of nitrogen functional groups attached to an aromatic ring is 1. The molecule has 1 saturated heterocycles. The van der Waals surface area contributed by atoms with Gasteiger partial charge in [0.25, 0.3) is 0 Å². The molecule has 0 amide bonds. The molecule has 18 heavy (non-hydrogen) atoms. The molecule has 2 heterocycles. The Kier molecular flexibility index (Phi) is 2.86. The number of fused-ring (bicyclic) bond motifs is 1. The van der Waals surface area contributed by atoms with E-state index in [1.165, 1.54) is 6.42 Å². The summed E-state index contributed by atoms with van der Waals surface area (Å²) in [6.45, 7) is 1.69. The molecule has 0 radical (unpaired) electrons. The number of piperidine rings is 1. The Hall–Kier alpha value is -1.36. The zero-order chi connectivity index (χ0) is 12.6. The lowest BCUT2D eigenvalue weighted by molar-refractivity contribution is -0.0614. The second-order valence-corrected chi connectivity index (χ2v) is 5.56. The molecule has 1 aliphatic carbocycles. The number of hydrogen-bond acceptors (Lipinski definition) is 5. The number of aliphatic hydroxyl groups is 1. The van der Waals surface area contributed by atoms with E-state index in [4.69, 9.17) is 5.73 Å². The van der Waals surface area contributed by atoms with E-state index < -0.39 is 5.60 Å². The molecule has 2 aliphatic rings. The van der Waals surface area contributed by atoms with Gasteiger partial charge in [0, 0.05) is 19.0 Å². The van der Waals surface area contributed by atoms with Crippen molar-refractivity contribution in [3.8, 4) is 0 Å². The zero-order valence-electron chi connectivity index (χ0n) is 10.5. The van der Waals surface area contributed by atoms with Crippen LogP contribution in [0.25, 0.3) is 0 Å². The second kappa shape index (κ2) is 4.39. The number of aromatic nitrogens is 2. The lowest BCUT2D eigenvalue weighted by atomic mass is 9.71. The lowest BCUT2D eigenvalue weighted by Crippen LogP contribution is -2.53. The van der Waals surface area contributed by atoms with Crippen molar-refractivity contribution >= 4 is 11.6 Å². The fourth-order valence-corrected chi connectivity index (χ4v) is 3.25. The Labute approximate surface area is 107 Å². The Morgan fingerprint density at radius 1 is 1.28 bits per heavy atom. The summed E-state index contributed by atoms with van der Waals surface area (Å²) < 4.78 is 0. The first-order valence-corrected chi connectivity index (χ1v) is 6.72. The molecule has 2 atom stereocenters. The molecule has 1 aromatic rings. The standard InChI is InChI=1S/C13H20N4O/c14-11-7-15-12(16-8-11)17-6-5-13(18)4-2-1-3-10(13)9-17/h7-8,10,18H,1-6,9,14H2. The molecular formula is C13H20N4O. The van der Waals surface area contributed by atoms with Crippen molar-refractivity contribution < 1.29 is 5.11 Å². The predicted molar refractivity (Wildman–Crippen MR) is 70.2 cm³/mol. The van der Waals surface area contributed by atoms with Gasteiger partial charge < -0.3 is 15.7 Å². The van der Waals surface area contributed by atoms with Gasteiger partial charge in [-0.05, 0) is 19.3 Å². The van der Waals surface area contributed by atoms with Crippen LogP contribution in [0.4, 0.5) is 11.6 Å². The molecular weight excluding hydrogens is 228 g/mol. The first-order valence-electron chi connectivity index (χ1n) is 6.72. The summed E-state index contributed by atoms with van der Waals surface area (Å²) in [7, 11) is 0. The summed E-state index contributed by atoms with van der Waals surface area (Å²) in [6, 6.07) is 0. The summed E-state index contributed by atoms with van der Waals surface area (Å²) in [4.78, 5) is 10.7. The normalized spacial score (nSPS) is 32.1. The predicted octanol–water partition coefficient (Wildman–Crippen LogP) is 1.19. The van der Waals surface area contributed by atoms with E-state index in [0.29, 0.717) is 11.6 Å². The smallest absolute Gasteiger partial charge is 0.225 e. The fourth-order valence-electron chi connectivity index (χ4n) is 3.25. The van der Waals surface area contributed by atoms with E-state index in [1.54, 1.807) is 12.4 Å². The van der Waals surface area contributed by atoms with Gasteiger partial charge in [-0.1, -0.05) is 12.8 Å². The van der Waals surface area contributed by atoms with Crippen molar-refractivity contribution in [1.82, 2.24) is 9.97 Å². The molecule has 5 nitrogen and oxygen atoms in total. The molecule has 98 valence electrons. The van der Waals surface area contributed by atoms with Gasteiger partial charge in [0.15, 0.2) is 0 Å². The maximum atomic E-state index is 10.6. The summed E-state index contributed by atoms with van der Waals surface area (Å²) in [5, 5.41) is 10.6. The van der Waals surface area contributed by atoms with Gasteiger partial charge in [-0.3, -0.25) is 0 Å². The summed E-state index contributed by atoms with van der Waals surface area (Å²) in [5.74, 6) is 1.10. The molecule has 5 heteroatoms. The van der Waals surface area contributed by atoms with E-state index in [0.717, 1.165) is 44.7 Å². The zero-order valence-corrected chi connectivity index (χ0v) is 10.5. The van der Waals surface area contributed by atoms with E-state index in [1.807, 2.05) is 0 Å². The molecule has 1 aromatic heterocycles. The number of hydrogen-bond donors (Lipinski definition) is 2. The Morgan fingerprint density at radius 3 is 2.83 bits per heavy atom. The van der Waals surface area contributed by atoms with Crippen LogP contribution in [0.1, 0.15) is 32.1 Å². The highest BCUT2D eigenvalue weighted by molar-refractivity contribution is 5.38. The van der Waals surface area contributed by atoms with Crippen molar-refractivity contribution in [2.75, 3.05) is 23.7 Å². The highest BCUT2D eigenvalue weighted by Crippen LogP contribution is 2.40. The van der Waals surface area contributed by atoms with Crippen LogP contribution in [0, 0.1) is 5.92 Å². The van der Waals surface area contributed by atoms with Crippen LogP contribution in [0.5, 0.6) is 0 Å². The van der Waals surface area contributed by atoms with Gasteiger partial charge in [-0.2, -0.15) is 0 Å². The molecule has 1 aliphatic heterocycles. The average molecular weight is 248 g/mol. The Bertz CT molecular complexity index is 422. The molecule has 0 aromatic carbocycles. The quantitative estimate of drug-likeness (QED) is 0.781. The molecule has 2 fully saturated rings. The molecule has 3 N–H and O–H groups in total. The Morgan fingerprint density at radius 2 is 2.06 bits per heavy atom. The lowest BCUT2D eigenvalue weighted by Gasteiger charge is -2.47. The van der Waals surface area contributed by atoms with E-state index >= 15 is 0 Å². The summed E-state index contributed by atoms with van der Waals surface area (Å²) in [5.41, 5.74) is 5.75. The van der Waals surface area contributed by atoms with Crippen LogP contribution in [0.2, 0.25) is 0 Å². The first-order chi connectivity index (χ1) is 8.67. The van der Waals surface area contributed by atoms with Crippen molar-refractivity contribution in [1.29, 1.82) is 0 Å². The Balaban J connectivity index is 1.75. The van der Waals surface area contributed by atoms with Crippen molar-refractivity contribution in [3.05, 3.63) is 12.4 Å². The fraction of sp³-hybridized carbons (Fsp3) is 0.692. The number of rotatable bonds is 1. The third-order valence-electron chi connectivity index (χ3n) is 4.37. The number of nitrogens with zero attached hydrogens (tertiary/aromatic N) is 3.